The number of nitrogens with zero attached hydrogens (tertiary/aromatic N) is 4. The van der Waals surface area contributed by atoms with E-state index in [0.29, 0.717) is 4.68 Å². The summed E-state index contributed by atoms with van der Waals surface area (Å²) in [4.78, 5) is 22.7. The molecule has 1 aromatic rings. The molecule has 0 spiro atoms. The van der Waals surface area contributed by atoms with Gasteiger partial charge in [0.2, 0.25) is 0 Å². The fourth-order valence-corrected chi connectivity index (χ4v) is 0.666. The van der Waals surface area contributed by atoms with Gasteiger partial charge >= 0.3 is 5.69 Å². The molecule has 1 heterocycles. The molecule has 0 saturated heterocycles. The number of aromatic nitrogens is 4. The summed E-state index contributed by atoms with van der Waals surface area (Å²) in [5.41, 5.74) is -1.25. The Labute approximate surface area is 90.6 Å². The summed E-state index contributed by atoms with van der Waals surface area (Å²) in [6.45, 7) is -5.51. The van der Waals surface area contributed by atoms with Crippen molar-refractivity contribution < 1.29 is 14.4 Å². The fraction of sp³-hybridized carbons (Fsp3) is 0.500. The summed E-state index contributed by atoms with van der Waals surface area (Å²) in [6.07, 6.45) is 1.85. The van der Waals surface area contributed by atoms with E-state index >= 15 is 0 Å². The predicted octanol–water partition coefficient (Wildman–Crippen LogP) is 0.0804. The van der Waals surface area contributed by atoms with E-state index in [1.165, 1.54) is 6.92 Å². The molecule has 14 heavy (non-hydrogen) atoms. The Hall–Kier alpha value is -1.72. The molecule has 0 saturated carbocycles. The summed E-state index contributed by atoms with van der Waals surface area (Å²) in [7, 11) is 0. The summed E-state index contributed by atoms with van der Waals surface area (Å²) in [5, 5.41) is 6.38. The minimum Gasteiger partial charge on any atom is -0.295 e. The van der Waals surface area contributed by atoms with E-state index in [1.54, 1.807) is 0 Å². The average Bonchev–Trinajstić information content (AvgIpc) is 2.64. The molecule has 1 aromatic heterocycles. The molecule has 76 valence electrons. The summed E-state index contributed by atoms with van der Waals surface area (Å²) >= 11 is 0. The van der Waals surface area contributed by atoms with Crippen LogP contribution in [0.25, 0.3) is 6.20 Å². The third kappa shape index (κ3) is 2.15. The lowest BCUT2D eigenvalue weighted by Crippen LogP contribution is -2.24. The van der Waals surface area contributed by atoms with Crippen LogP contribution in [-0.4, -0.2) is 25.6 Å². The molecular weight excluding hydrogens is 184 g/mol. The van der Waals surface area contributed by atoms with Crippen LogP contribution >= 0.6 is 0 Å². The fourth-order valence-electron chi connectivity index (χ4n) is 0.666. The van der Waals surface area contributed by atoms with Crippen LogP contribution in [0.4, 0.5) is 0 Å². The third-order valence-corrected chi connectivity index (χ3v) is 1.27. The number of hydrogen-bond donors (Lipinski definition) is 0. The highest BCUT2D eigenvalue weighted by Crippen LogP contribution is 1.94. The molecule has 0 unspecified atom stereocenters. The highest BCUT2D eigenvalue weighted by atomic mass is 16.2. The molecule has 1 rings (SSSR count). The number of allylic oxidation sites excluding steroid dienone is 1. The highest BCUT2D eigenvalue weighted by Gasteiger charge is 2.06. The van der Waals surface area contributed by atoms with Crippen molar-refractivity contribution in [1.82, 2.24) is 19.8 Å². The number of hydrogen-bond acceptors (Lipinski definition) is 4. The van der Waals surface area contributed by atoms with E-state index in [4.69, 9.17) is 9.60 Å². The highest BCUT2D eigenvalue weighted by molar-refractivity contribution is 5.89. The van der Waals surface area contributed by atoms with Crippen molar-refractivity contribution in [2.75, 3.05) is 0 Å². The average molecular weight is 203 g/mol. The van der Waals surface area contributed by atoms with E-state index < -0.39 is 31.2 Å². The zero-order valence-electron chi connectivity index (χ0n) is 14.3. The molecule has 0 atom stereocenters. The lowest BCUT2D eigenvalue weighted by molar-refractivity contribution is -0.112. The number of carbonyl (C=O) groups excluding carboxylic acids is 1. The van der Waals surface area contributed by atoms with Gasteiger partial charge in [-0.05, 0) is 37.1 Å². The van der Waals surface area contributed by atoms with Crippen LogP contribution in [-0.2, 0) is 4.79 Å². The van der Waals surface area contributed by atoms with Crippen LogP contribution in [0, 0.1) is 0 Å². The van der Waals surface area contributed by atoms with Crippen LogP contribution in [0.2, 0.25) is 0 Å². The predicted molar refractivity (Wildman–Crippen MR) is 50.7 cm³/mol. The monoisotopic (exact) mass is 203 g/mol. The van der Waals surface area contributed by atoms with Crippen LogP contribution in [0.1, 0.15) is 36.2 Å². The Bertz CT molecular complexity index is 610. The Balaban J connectivity index is 3.51. The SMILES string of the molecule is [2H]C([2H])([2H])C([2H])(n1nnn(/C=C/C(C)=O)c1=O)C([2H])([2H])[2H]. The second-order valence-corrected chi connectivity index (χ2v) is 2.39. The maximum absolute atomic E-state index is 11.9. The molecule has 6 nitrogen and oxygen atoms in total. The Morgan fingerprint density at radius 2 is 2.36 bits per heavy atom. The van der Waals surface area contributed by atoms with Gasteiger partial charge in [0.1, 0.15) is 0 Å². The lowest BCUT2D eigenvalue weighted by Gasteiger charge is -1.98. The first-order valence-electron chi connectivity index (χ1n) is 7.06. The van der Waals surface area contributed by atoms with Gasteiger partial charge in [-0.1, -0.05) is 0 Å². The zero-order chi connectivity index (χ0) is 16.6. The van der Waals surface area contributed by atoms with Gasteiger partial charge in [-0.15, -0.1) is 0 Å². The van der Waals surface area contributed by atoms with Gasteiger partial charge in [-0.25, -0.2) is 4.79 Å². The summed E-state index contributed by atoms with van der Waals surface area (Å²) in [6, 6.07) is -3.29. The van der Waals surface area contributed by atoms with E-state index in [0.717, 1.165) is 12.3 Å². The summed E-state index contributed by atoms with van der Waals surface area (Å²) < 4.78 is 51.6. The second-order valence-electron chi connectivity index (χ2n) is 2.39. The number of ketones is 1. The van der Waals surface area contributed by atoms with E-state index in [9.17, 15) is 9.59 Å². The van der Waals surface area contributed by atoms with Crippen molar-refractivity contribution in [3.63, 3.8) is 0 Å². The molecule has 0 aliphatic carbocycles. The molecule has 0 bridgehead atoms. The standard InChI is InChI=1S/C8H12N4O2/c1-6(2)12-8(14)11(9-10-12)5-4-7(3)13/h4-6H,1-3H3/b5-4+/i1D3,2D3,6D. The minimum atomic E-state index is -3.35. The third-order valence-electron chi connectivity index (χ3n) is 1.27. The number of rotatable bonds is 3. The Kier molecular flexibility index (Phi) is 1.20. The first kappa shape index (κ1) is 4.20. The van der Waals surface area contributed by atoms with Crippen LogP contribution in [0.5, 0.6) is 0 Å². The topological polar surface area (TPSA) is 69.8 Å². The van der Waals surface area contributed by atoms with Crippen molar-refractivity contribution in [2.24, 2.45) is 0 Å². The van der Waals surface area contributed by atoms with Gasteiger partial charge in [0.15, 0.2) is 5.78 Å². The van der Waals surface area contributed by atoms with Crippen molar-refractivity contribution in [3.05, 3.63) is 16.6 Å². The maximum atomic E-state index is 11.9. The molecule has 0 radical (unpaired) electrons. The van der Waals surface area contributed by atoms with Crippen LogP contribution in [0.15, 0.2) is 10.9 Å². The van der Waals surface area contributed by atoms with E-state index in [-0.39, 0.29) is 4.68 Å². The minimum absolute atomic E-state index is 0.0303. The Morgan fingerprint density at radius 3 is 2.93 bits per heavy atom. The van der Waals surface area contributed by atoms with E-state index in [2.05, 4.69) is 10.4 Å². The van der Waals surface area contributed by atoms with Crippen molar-refractivity contribution in [2.45, 2.75) is 26.6 Å². The number of tetrazole rings is 1. The zero-order valence-corrected chi connectivity index (χ0v) is 7.26. The van der Waals surface area contributed by atoms with Crippen molar-refractivity contribution in [3.8, 4) is 0 Å². The molecule has 0 amide bonds. The van der Waals surface area contributed by atoms with Crippen molar-refractivity contribution >= 4 is 12.0 Å². The smallest absolute Gasteiger partial charge is 0.295 e. The largest absolute Gasteiger partial charge is 0.368 e. The normalized spacial score (nSPS) is 21.4. The quantitative estimate of drug-likeness (QED) is 0.652. The van der Waals surface area contributed by atoms with Crippen molar-refractivity contribution in [1.29, 1.82) is 0 Å². The van der Waals surface area contributed by atoms with Gasteiger partial charge < -0.3 is 0 Å². The van der Waals surface area contributed by atoms with Crippen LogP contribution in [0.3, 0.4) is 0 Å². The van der Waals surface area contributed by atoms with Gasteiger partial charge in [-0.2, -0.15) is 9.36 Å². The second kappa shape index (κ2) is 3.99. The van der Waals surface area contributed by atoms with Gasteiger partial charge in [0, 0.05) is 14.4 Å². The molecular formula is C8H12N4O2. The van der Waals surface area contributed by atoms with E-state index in [1.807, 2.05) is 0 Å². The molecule has 0 fully saturated rings. The van der Waals surface area contributed by atoms with Crippen LogP contribution < -0.4 is 5.69 Å². The molecule has 0 aromatic carbocycles. The molecule has 0 N–H and O–H groups in total. The first-order chi connectivity index (χ1) is 9.32. The molecule has 6 heteroatoms. The van der Waals surface area contributed by atoms with Gasteiger partial charge in [0.05, 0.1) is 7.39 Å². The molecule has 0 aliphatic heterocycles. The lowest BCUT2D eigenvalue weighted by atomic mass is 10.4. The van der Waals surface area contributed by atoms with Gasteiger partial charge in [0.25, 0.3) is 0 Å². The molecule has 0 aliphatic rings. The summed E-state index contributed by atoms with van der Waals surface area (Å²) in [5.74, 6) is -0.416. The number of carbonyl (C=O) groups is 1. The first-order valence-corrected chi connectivity index (χ1v) is 3.56. The van der Waals surface area contributed by atoms with Gasteiger partial charge in [-0.3, -0.25) is 4.79 Å². The maximum Gasteiger partial charge on any atom is 0.368 e. The Morgan fingerprint density at radius 1 is 1.64 bits per heavy atom.